The Kier molecular flexibility index (Phi) is 6.23. The average Bonchev–Trinajstić information content (AvgIpc) is 3.69. The molecule has 0 aliphatic heterocycles. The van der Waals surface area contributed by atoms with Crippen LogP contribution in [0.25, 0.3) is 16.6 Å². The number of benzene rings is 1. The highest BCUT2D eigenvalue weighted by molar-refractivity contribution is 7.09. The molecule has 0 fully saturated rings. The summed E-state index contributed by atoms with van der Waals surface area (Å²) in [6.07, 6.45) is 2.50. The Hall–Kier alpha value is -3.96. The first-order valence-corrected chi connectivity index (χ1v) is 13.1. The van der Waals surface area contributed by atoms with Crippen LogP contribution in [0.2, 0.25) is 0 Å². The molecule has 37 heavy (non-hydrogen) atoms. The highest BCUT2D eigenvalue weighted by atomic mass is 32.1. The van der Waals surface area contributed by atoms with Crippen LogP contribution in [0, 0.1) is 13.8 Å². The number of furan rings is 1. The summed E-state index contributed by atoms with van der Waals surface area (Å²) in [5.74, 6) is 1.61. The fourth-order valence-electron chi connectivity index (χ4n) is 5.04. The Labute approximate surface area is 217 Å². The van der Waals surface area contributed by atoms with Gasteiger partial charge in [0, 0.05) is 28.9 Å². The first-order chi connectivity index (χ1) is 18.1. The number of hydrogen-bond donors (Lipinski definition) is 0. The van der Waals surface area contributed by atoms with Crippen molar-refractivity contribution in [1.82, 2.24) is 45.1 Å². The molecule has 1 aromatic carbocycles. The van der Waals surface area contributed by atoms with Crippen LogP contribution in [-0.4, -0.2) is 45.1 Å². The fraction of sp³-hybridized carbons (Fsp3) is 0.308. The lowest BCUT2D eigenvalue weighted by Gasteiger charge is -2.30. The summed E-state index contributed by atoms with van der Waals surface area (Å²) in [7, 11) is 0. The summed E-state index contributed by atoms with van der Waals surface area (Å²) in [4.78, 5) is 3.68. The van der Waals surface area contributed by atoms with Crippen molar-refractivity contribution < 1.29 is 4.42 Å². The van der Waals surface area contributed by atoms with Crippen molar-refractivity contribution in [2.45, 2.75) is 52.9 Å². The van der Waals surface area contributed by atoms with Crippen molar-refractivity contribution >= 4 is 27.9 Å². The number of thiophene rings is 1. The monoisotopic (exact) mass is 513 g/mol. The zero-order valence-corrected chi connectivity index (χ0v) is 21.8. The highest BCUT2D eigenvalue weighted by Crippen LogP contribution is 2.31. The number of rotatable bonds is 9. The van der Waals surface area contributed by atoms with Gasteiger partial charge in [-0.05, 0) is 88.0 Å². The largest absolute Gasteiger partial charge is 0.467 e. The number of tetrazole rings is 2. The van der Waals surface area contributed by atoms with Gasteiger partial charge in [-0.3, -0.25) is 4.90 Å². The number of aromatic nitrogens is 8. The van der Waals surface area contributed by atoms with Gasteiger partial charge in [0.2, 0.25) is 0 Å². The summed E-state index contributed by atoms with van der Waals surface area (Å²) in [5.41, 5.74) is 5.22. The molecule has 6 rings (SSSR count). The molecule has 0 radical (unpaired) electrons. The van der Waals surface area contributed by atoms with Crippen molar-refractivity contribution in [3.63, 3.8) is 0 Å². The minimum atomic E-state index is -0.0298. The van der Waals surface area contributed by atoms with Gasteiger partial charge in [0.05, 0.1) is 17.8 Å². The van der Waals surface area contributed by atoms with Crippen LogP contribution in [-0.2, 0) is 19.6 Å². The van der Waals surface area contributed by atoms with E-state index in [0.717, 1.165) is 46.7 Å². The molecule has 0 spiro atoms. The Bertz CT molecular complexity index is 1640. The maximum absolute atomic E-state index is 5.56. The summed E-state index contributed by atoms with van der Waals surface area (Å²) < 4.78 is 9.25. The molecule has 1 atom stereocenters. The number of pyridine rings is 1. The molecule has 0 N–H and O–H groups in total. The summed E-state index contributed by atoms with van der Waals surface area (Å²) >= 11 is 1.75. The second-order valence-electron chi connectivity index (χ2n) is 9.28. The predicted octanol–water partition coefficient (Wildman–Crippen LogP) is 4.74. The van der Waals surface area contributed by atoms with Crippen LogP contribution in [0.4, 0.5) is 0 Å². The van der Waals surface area contributed by atoms with E-state index < -0.39 is 0 Å². The average molecular weight is 514 g/mol. The summed E-state index contributed by atoms with van der Waals surface area (Å²) in [5, 5.41) is 28.8. The molecule has 0 amide bonds. The van der Waals surface area contributed by atoms with Gasteiger partial charge in [0.15, 0.2) is 11.5 Å². The molecule has 10 nitrogen and oxygen atoms in total. The van der Waals surface area contributed by atoms with E-state index in [1.165, 1.54) is 16.0 Å². The Balaban J connectivity index is 1.43. The molecule has 5 aromatic heterocycles. The molecule has 0 saturated heterocycles. The van der Waals surface area contributed by atoms with E-state index in [4.69, 9.17) is 4.42 Å². The first-order valence-electron chi connectivity index (χ1n) is 12.3. The van der Waals surface area contributed by atoms with E-state index in [0.29, 0.717) is 13.1 Å². The first kappa shape index (κ1) is 23.4. The van der Waals surface area contributed by atoms with Crippen molar-refractivity contribution in [2.75, 3.05) is 0 Å². The van der Waals surface area contributed by atoms with E-state index in [-0.39, 0.29) is 6.04 Å². The molecule has 0 unspecified atom stereocenters. The normalized spacial score (nSPS) is 12.8. The van der Waals surface area contributed by atoms with Crippen molar-refractivity contribution in [3.8, 4) is 0 Å². The van der Waals surface area contributed by atoms with Crippen LogP contribution in [0.3, 0.4) is 0 Å². The van der Waals surface area contributed by atoms with Crippen LogP contribution >= 0.6 is 11.3 Å². The van der Waals surface area contributed by atoms with Gasteiger partial charge in [-0.25, -0.2) is 4.68 Å². The van der Waals surface area contributed by atoms with Gasteiger partial charge in [0.25, 0.3) is 0 Å². The van der Waals surface area contributed by atoms with Crippen LogP contribution < -0.4 is 0 Å². The second-order valence-corrected chi connectivity index (χ2v) is 10.3. The third-order valence-electron chi connectivity index (χ3n) is 6.70. The third-order valence-corrected chi connectivity index (χ3v) is 7.56. The summed E-state index contributed by atoms with van der Waals surface area (Å²) in [6.45, 7) is 8.26. The fourth-order valence-corrected chi connectivity index (χ4v) is 5.77. The maximum Gasteiger partial charge on any atom is 0.184 e. The van der Waals surface area contributed by atoms with Crippen molar-refractivity contribution in [2.24, 2.45) is 0 Å². The van der Waals surface area contributed by atoms with Gasteiger partial charge in [-0.2, -0.15) is 4.52 Å². The number of aryl methyl sites for hydroxylation is 2. The Morgan fingerprint density at radius 2 is 1.92 bits per heavy atom. The van der Waals surface area contributed by atoms with Gasteiger partial charge in [0.1, 0.15) is 12.3 Å². The smallest absolute Gasteiger partial charge is 0.184 e. The van der Waals surface area contributed by atoms with E-state index in [9.17, 15) is 0 Å². The molecule has 0 saturated carbocycles. The van der Waals surface area contributed by atoms with Crippen LogP contribution in [0.5, 0.6) is 0 Å². The van der Waals surface area contributed by atoms with E-state index in [1.54, 1.807) is 17.6 Å². The molecular weight excluding hydrogens is 486 g/mol. The molecule has 5 heterocycles. The molecule has 188 valence electrons. The van der Waals surface area contributed by atoms with Gasteiger partial charge in [-0.15, -0.1) is 21.5 Å². The molecule has 0 aliphatic rings. The summed E-state index contributed by atoms with van der Waals surface area (Å²) in [6, 6.07) is 14.6. The van der Waals surface area contributed by atoms with E-state index in [1.807, 2.05) is 21.3 Å². The minimum absolute atomic E-state index is 0.0298. The van der Waals surface area contributed by atoms with Crippen molar-refractivity contribution in [3.05, 3.63) is 87.3 Å². The Morgan fingerprint density at radius 3 is 2.70 bits per heavy atom. The quantitative estimate of drug-likeness (QED) is 0.273. The highest BCUT2D eigenvalue weighted by Gasteiger charge is 2.27. The van der Waals surface area contributed by atoms with E-state index >= 15 is 0 Å². The number of nitrogens with zero attached hydrogens (tertiary/aromatic N) is 9. The Morgan fingerprint density at radius 1 is 1.03 bits per heavy atom. The molecule has 0 bridgehead atoms. The van der Waals surface area contributed by atoms with Gasteiger partial charge >= 0.3 is 0 Å². The second kappa shape index (κ2) is 9.83. The SMILES string of the molecule is CC[C@@H](c1nnnn1Cc1ccco1)N(Cc1cccs1)Cc1cc2c(C)cc(C)cc2n2nnnc12. The lowest BCUT2D eigenvalue weighted by Crippen LogP contribution is -2.30. The molecule has 6 aromatic rings. The van der Waals surface area contributed by atoms with Gasteiger partial charge < -0.3 is 4.42 Å². The zero-order chi connectivity index (χ0) is 25.4. The number of hydrogen-bond acceptors (Lipinski definition) is 9. The lowest BCUT2D eigenvalue weighted by atomic mass is 10.0. The van der Waals surface area contributed by atoms with Gasteiger partial charge in [-0.1, -0.05) is 19.1 Å². The van der Waals surface area contributed by atoms with Crippen LogP contribution in [0.15, 0.2) is 58.5 Å². The lowest BCUT2D eigenvalue weighted by molar-refractivity contribution is 0.163. The van der Waals surface area contributed by atoms with Crippen molar-refractivity contribution in [1.29, 1.82) is 0 Å². The molecular formula is C26H27N9OS. The van der Waals surface area contributed by atoms with E-state index in [2.05, 4.69) is 92.4 Å². The zero-order valence-electron chi connectivity index (χ0n) is 20.9. The molecule has 0 aliphatic carbocycles. The minimum Gasteiger partial charge on any atom is -0.467 e. The third kappa shape index (κ3) is 4.51. The molecule has 11 heteroatoms. The topological polar surface area (TPSA) is 103 Å². The predicted molar refractivity (Wildman–Crippen MR) is 140 cm³/mol. The maximum atomic E-state index is 5.56. The standard InChI is InChI=1S/C26H27N9OS/c1-4-23(26-28-29-31-34(26)15-20-7-5-9-36-20)33(16-21-8-6-10-37-21)14-19-13-22-18(3)11-17(2)12-24(22)35-25(19)27-30-32-35/h5-13,23H,4,14-16H2,1-3H3/t23-/m0/s1. The van der Waals surface area contributed by atoms with Crippen LogP contribution in [0.1, 0.15) is 52.5 Å². The number of fused-ring (bicyclic) bond motifs is 3.